The fourth-order valence-corrected chi connectivity index (χ4v) is 2.90. The molecule has 1 heterocycles. The summed E-state index contributed by atoms with van der Waals surface area (Å²) in [6.45, 7) is 10.6. The molecule has 1 aliphatic heterocycles. The number of amides is 1. The first-order valence-corrected chi connectivity index (χ1v) is 7.09. The van der Waals surface area contributed by atoms with E-state index in [0.29, 0.717) is 22.7 Å². The zero-order valence-corrected chi connectivity index (χ0v) is 13.4. The lowest BCUT2D eigenvalue weighted by atomic mass is 9.81. The number of ether oxygens (including phenoxy) is 2. The molecule has 0 unspecified atom stereocenters. The molecule has 21 heavy (non-hydrogen) atoms. The van der Waals surface area contributed by atoms with E-state index in [0.717, 1.165) is 6.42 Å². The van der Waals surface area contributed by atoms with Crippen molar-refractivity contribution in [3.8, 4) is 11.5 Å². The lowest BCUT2D eigenvalue weighted by Gasteiger charge is -2.33. The Morgan fingerprint density at radius 2 is 1.76 bits per heavy atom. The number of nitrogens with two attached hydrogens (primary N) is 1. The van der Waals surface area contributed by atoms with Crippen LogP contribution in [0.4, 0.5) is 5.69 Å². The molecule has 1 aromatic rings. The first-order chi connectivity index (χ1) is 9.57. The summed E-state index contributed by atoms with van der Waals surface area (Å²) in [4.78, 5) is 12.5. The van der Waals surface area contributed by atoms with Gasteiger partial charge in [-0.15, -0.1) is 0 Å². The Bertz CT molecular complexity index is 559. The van der Waals surface area contributed by atoms with Crippen molar-refractivity contribution < 1.29 is 14.3 Å². The number of carbonyl (C=O) groups is 1. The molecule has 0 aromatic heterocycles. The van der Waals surface area contributed by atoms with Crippen molar-refractivity contribution in [3.05, 3.63) is 17.7 Å². The summed E-state index contributed by atoms with van der Waals surface area (Å²) in [5.74, 6) is 0.945. The Kier molecular flexibility index (Phi) is 3.78. The standard InChI is InChI=1S/C16H24N2O3/c1-15(2,3)8-16(4,5)18-14(19)10-6-12-13(7-11(10)17)21-9-20-12/h6-7H,8-9,17H2,1-5H3,(H,18,19). The van der Waals surface area contributed by atoms with Gasteiger partial charge in [-0.1, -0.05) is 20.8 Å². The molecular weight excluding hydrogens is 268 g/mol. The van der Waals surface area contributed by atoms with Crippen molar-refractivity contribution in [1.29, 1.82) is 0 Å². The number of hydrogen-bond acceptors (Lipinski definition) is 4. The van der Waals surface area contributed by atoms with Crippen molar-refractivity contribution in [1.82, 2.24) is 5.32 Å². The summed E-state index contributed by atoms with van der Waals surface area (Å²) in [5, 5.41) is 3.05. The maximum atomic E-state index is 12.5. The van der Waals surface area contributed by atoms with E-state index in [-0.39, 0.29) is 23.7 Å². The molecule has 1 amide bonds. The van der Waals surface area contributed by atoms with E-state index in [1.54, 1.807) is 12.1 Å². The van der Waals surface area contributed by atoms with Gasteiger partial charge in [-0.2, -0.15) is 0 Å². The molecule has 0 spiro atoms. The Balaban J connectivity index is 2.17. The fourth-order valence-electron chi connectivity index (χ4n) is 2.90. The zero-order valence-electron chi connectivity index (χ0n) is 13.4. The molecule has 0 fully saturated rings. The van der Waals surface area contributed by atoms with Crippen LogP contribution in [-0.2, 0) is 0 Å². The largest absolute Gasteiger partial charge is 0.454 e. The quantitative estimate of drug-likeness (QED) is 0.840. The third-order valence-corrected chi connectivity index (χ3v) is 3.21. The van der Waals surface area contributed by atoms with Gasteiger partial charge in [0.25, 0.3) is 5.91 Å². The summed E-state index contributed by atoms with van der Waals surface area (Å²) in [6.07, 6.45) is 0.857. The summed E-state index contributed by atoms with van der Waals surface area (Å²) in [7, 11) is 0. The van der Waals surface area contributed by atoms with Crippen molar-refractivity contribution >= 4 is 11.6 Å². The molecule has 0 saturated carbocycles. The van der Waals surface area contributed by atoms with E-state index in [1.807, 2.05) is 13.8 Å². The third-order valence-electron chi connectivity index (χ3n) is 3.21. The fraction of sp³-hybridized carbons (Fsp3) is 0.562. The van der Waals surface area contributed by atoms with Gasteiger partial charge in [0.1, 0.15) is 0 Å². The van der Waals surface area contributed by atoms with Crippen LogP contribution in [0.15, 0.2) is 12.1 Å². The second-order valence-electron chi connectivity index (χ2n) is 7.37. The van der Waals surface area contributed by atoms with Crippen LogP contribution in [0.5, 0.6) is 11.5 Å². The number of rotatable bonds is 3. The summed E-state index contributed by atoms with van der Waals surface area (Å²) >= 11 is 0. The predicted molar refractivity (Wildman–Crippen MR) is 82.6 cm³/mol. The molecule has 0 aliphatic carbocycles. The number of hydrogen-bond donors (Lipinski definition) is 2. The molecule has 1 aliphatic rings. The van der Waals surface area contributed by atoms with E-state index >= 15 is 0 Å². The maximum Gasteiger partial charge on any atom is 0.253 e. The summed E-state index contributed by atoms with van der Waals surface area (Å²) < 4.78 is 10.5. The molecule has 0 bridgehead atoms. The van der Waals surface area contributed by atoms with Crippen LogP contribution in [0, 0.1) is 5.41 Å². The predicted octanol–water partition coefficient (Wildman–Crippen LogP) is 2.94. The van der Waals surface area contributed by atoms with Gasteiger partial charge in [0, 0.05) is 17.3 Å². The van der Waals surface area contributed by atoms with Gasteiger partial charge in [-0.3, -0.25) is 4.79 Å². The number of fused-ring (bicyclic) bond motifs is 1. The number of benzene rings is 1. The van der Waals surface area contributed by atoms with Gasteiger partial charge in [0.15, 0.2) is 11.5 Å². The third kappa shape index (κ3) is 3.80. The molecule has 5 heteroatoms. The Morgan fingerprint density at radius 1 is 1.19 bits per heavy atom. The minimum Gasteiger partial charge on any atom is -0.454 e. The highest BCUT2D eigenvalue weighted by Gasteiger charge is 2.28. The topological polar surface area (TPSA) is 73.6 Å². The van der Waals surface area contributed by atoms with Gasteiger partial charge in [0.05, 0.1) is 5.56 Å². The van der Waals surface area contributed by atoms with Crippen molar-refractivity contribution in [2.24, 2.45) is 5.41 Å². The number of anilines is 1. The Hall–Kier alpha value is -1.91. The zero-order chi connectivity index (χ0) is 15.8. The summed E-state index contributed by atoms with van der Waals surface area (Å²) in [5.41, 5.74) is 6.55. The van der Waals surface area contributed by atoms with Crippen LogP contribution in [0.25, 0.3) is 0 Å². The smallest absolute Gasteiger partial charge is 0.253 e. The number of nitrogens with one attached hydrogen (secondary N) is 1. The average Bonchev–Trinajstić information content (AvgIpc) is 2.70. The second kappa shape index (κ2) is 5.13. The molecule has 0 atom stereocenters. The van der Waals surface area contributed by atoms with Gasteiger partial charge in [-0.25, -0.2) is 0 Å². The second-order valence-corrected chi connectivity index (χ2v) is 7.37. The van der Waals surface area contributed by atoms with E-state index < -0.39 is 0 Å². The van der Waals surface area contributed by atoms with Gasteiger partial charge in [0.2, 0.25) is 6.79 Å². The molecule has 1 aromatic carbocycles. The first kappa shape index (κ1) is 15.5. The van der Waals surface area contributed by atoms with E-state index in [1.165, 1.54) is 0 Å². The SMILES string of the molecule is CC(C)(C)CC(C)(C)NC(=O)c1cc2c(cc1N)OCO2. The van der Waals surface area contributed by atoms with Crippen LogP contribution in [0.2, 0.25) is 0 Å². The van der Waals surface area contributed by atoms with Gasteiger partial charge >= 0.3 is 0 Å². The first-order valence-electron chi connectivity index (χ1n) is 7.09. The molecule has 2 rings (SSSR count). The van der Waals surface area contributed by atoms with E-state index in [2.05, 4.69) is 26.1 Å². The molecular formula is C16H24N2O3. The molecule has 0 saturated heterocycles. The van der Waals surface area contributed by atoms with Crippen molar-refractivity contribution in [2.75, 3.05) is 12.5 Å². The normalized spacial score (nSPS) is 14.1. The van der Waals surface area contributed by atoms with E-state index in [4.69, 9.17) is 15.2 Å². The van der Waals surface area contributed by atoms with Gasteiger partial charge in [-0.05, 0) is 31.7 Å². The monoisotopic (exact) mass is 292 g/mol. The minimum absolute atomic E-state index is 0.122. The highest BCUT2D eigenvalue weighted by atomic mass is 16.7. The highest BCUT2D eigenvalue weighted by molar-refractivity contribution is 6.00. The summed E-state index contributed by atoms with van der Waals surface area (Å²) in [6, 6.07) is 3.27. The van der Waals surface area contributed by atoms with Gasteiger partial charge < -0.3 is 20.5 Å². The lowest BCUT2D eigenvalue weighted by molar-refractivity contribution is 0.0892. The van der Waals surface area contributed by atoms with Crippen LogP contribution in [0.3, 0.4) is 0 Å². The van der Waals surface area contributed by atoms with Crippen molar-refractivity contribution in [3.63, 3.8) is 0 Å². The molecule has 3 N–H and O–H groups in total. The maximum absolute atomic E-state index is 12.5. The average molecular weight is 292 g/mol. The number of carbonyl (C=O) groups excluding carboxylic acids is 1. The van der Waals surface area contributed by atoms with Crippen molar-refractivity contribution in [2.45, 2.75) is 46.6 Å². The number of nitrogen functional groups attached to an aromatic ring is 1. The minimum atomic E-state index is -0.321. The Morgan fingerprint density at radius 3 is 2.33 bits per heavy atom. The van der Waals surface area contributed by atoms with Crippen LogP contribution < -0.4 is 20.5 Å². The lowest BCUT2D eigenvalue weighted by Crippen LogP contribution is -2.46. The highest BCUT2D eigenvalue weighted by Crippen LogP contribution is 2.36. The van der Waals surface area contributed by atoms with E-state index in [9.17, 15) is 4.79 Å². The Labute approximate surface area is 125 Å². The molecule has 116 valence electrons. The van der Waals surface area contributed by atoms with Crippen LogP contribution in [0.1, 0.15) is 51.4 Å². The van der Waals surface area contributed by atoms with Crippen LogP contribution >= 0.6 is 0 Å². The molecule has 5 nitrogen and oxygen atoms in total. The molecule has 0 radical (unpaired) electrons. The van der Waals surface area contributed by atoms with Crippen LogP contribution in [-0.4, -0.2) is 18.2 Å².